The quantitative estimate of drug-likeness (QED) is 0.659. The number of hydrogen-bond acceptors (Lipinski definition) is 3. The average molecular weight is 154 g/mol. The average Bonchev–Trinajstić information content (AvgIpc) is 2.50. The number of aromatic nitrogens is 2. The molecule has 11 heavy (non-hydrogen) atoms. The van der Waals surface area contributed by atoms with Crippen LogP contribution >= 0.6 is 0 Å². The molecular formula is C7H10N2O2. The molecule has 0 aliphatic heterocycles. The van der Waals surface area contributed by atoms with Crippen LogP contribution in [0.2, 0.25) is 0 Å². The van der Waals surface area contributed by atoms with Crippen LogP contribution in [0.4, 0.5) is 0 Å². The number of methoxy groups -OCH3 is 1. The van der Waals surface area contributed by atoms with Crippen molar-refractivity contribution >= 4 is 6.29 Å². The van der Waals surface area contributed by atoms with Crippen LogP contribution in [0.3, 0.4) is 0 Å². The third-order valence-electron chi connectivity index (χ3n) is 1.53. The molecule has 1 N–H and O–H groups in total. The van der Waals surface area contributed by atoms with Gasteiger partial charge in [-0.2, -0.15) is 5.10 Å². The molecule has 1 heterocycles. The first-order valence-electron chi connectivity index (χ1n) is 3.31. The summed E-state index contributed by atoms with van der Waals surface area (Å²) in [5.74, 6) is 0. The molecule has 0 aliphatic rings. The van der Waals surface area contributed by atoms with Gasteiger partial charge in [0.25, 0.3) is 0 Å². The van der Waals surface area contributed by atoms with Gasteiger partial charge in [0.15, 0.2) is 6.29 Å². The summed E-state index contributed by atoms with van der Waals surface area (Å²) in [4.78, 5) is 10.2. The molecular weight excluding hydrogens is 144 g/mol. The number of carbonyl (C=O) groups is 1. The van der Waals surface area contributed by atoms with Crippen molar-refractivity contribution in [1.29, 1.82) is 0 Å². The van der Waals surface area contributed by atoms with Gasteiger partial charge in [-0.3, -0.25) is 9.89 Å². The highest BCUT2D eigenvalue weighted by atomic mass is 16.5. The number of carbonyl (C=O) groups excluding carboxylic acids is 1. The van der Waals surface area contributed by atoms with Crippen molar-refractivity contribution in [3.05, 3.63) is 17.5 Å². The minimum absolute atomic E-state index is 0.0452. The van der Waals surface area contributed by atoms with Crippen LogP contribution in [0, 0.1) is 0 Å². The van der Waals surface area contributed by atoms with E-state index in [1.165, 1.54) is 0 Å². The molecule has 0 saturated carbocycles. The lowest BCUT2D eigenvalue weighted by Crippen LogP contribution is -1.95. The van der Waals surface area contributed by atoms with Gasteiger partial charge < -0.3 is 4.74 Å². The lowest BCUT2D eigenvalue weighted by molar-refractivity contribution is 0.111. The number of nitrogens with zero attached hydrogens (tertiary/aromatic N) is 1. The zero-order chi connectivity index (χ0) is 8.27. The fraction of sp³-hybridized carbons (Fsp3) is 0.429. The molecule has 0 radical (unpaired) electrons. The molecule has 4 heteroatoms. The van der Waals surface area contributed by atoms with Crippen molar-refractivity contribution in [2.45, 2.75) is 13.0 Å². The molecule has 0 spiro atoms. The van der Waals surface area contributed by atoms with Gasteiger partial charge in [0, 0.05) is 7.11 Å². The lowest BCUT2D eigenvalue weighted by Gasteiger charge is -2.03. The molecule has 0 fully saturated rings. The summed E-state index contributed by atoms with van der Waals surface area (Å²) in [5, 5.41) is 6.43. The van der Waals surface area contributed by atoms with Crippen LogP contribution in [0.1, 0.15) is 29.2 Å². The first-order chi connectivity index (χ1) is 5.27. The van der Waals surface area contributed by atoms with Gasteiger partial charge in [-0.1, -0.05) is 0 Å². The normalized spacial score (nSPS) is 12.9. The van der Waals surface area contributed by atoms with Gasteiger partial charge in [0.2, 0.25) is 0 Å². The molecule has 1 aromatic heterocycles. The highest BCUT2D eigenvalue weighted by molar-refractivity contribution is 5.71. The van der Waals surface area contributed by atoms with Gasteiger partial charge in [-0.25, -0.2) is 0 Å². The van der Waals surface area contributed by atoms with E-state index in [1.54, 1.807) is 13.2 Å². The van der Waals surface area contributed by atoms with Crippen LogP contribution in [-0.2, 0) is 4.74 Å². The summed E-state index contributed by atoms with van der Waals surface area (Å²) in [6.07, 6.45) is 0.652. The molecule has 0 aliphatic carbocycles. The molecule has 1 rings (SSSR count). The minimum atomic E-state index is -0.0452. The standard InChI is InChI=1S/C7H10N2O2/c1-5(11-2)7-3-6(4-10)8-9-7/h3-5H,1-2H3,(H,8,9). The predicted molar refractivity (Wildman–Crippen MR) is 39.4 cm³/mol. The van der Waals surface area contributed by atoms with Gasteiger partial charge in [-0.15, -0.1) is 0 Å². The molecule has 0 aromatic carbocycles. The second-order valence-electron chi connectivity index (χ2n) is 2.24. The third-order valence-corrected chi connectivity index (χ3v) is 1.53. The van der Waals surface area contributed by atoms with E-state index in [9.17, 15) is 4.79 Å². The Bertz CT molecular complexity index is 244. The highest BCUT2D eigenvalue weighted by Gasteiger charge is 2.06. The van der Waals surface area contributed by atoms with Crippen LogP contribution in [0.5, 0.6) is 0 Å². The summed E-state index contributed by atoms with van der Waals surface area (Å²) in [7, 11) is 1.60. The summed E-state index contributed by atoms with van der Waals surface area (Å²) in [6, 6.07) is 1.67. The molecule has 0 saturated heterocycles. The van der Waals surface area contributed by atoms with Crippen molar-refractivity contribution in [2.24, 2.45) is 0 Å². The molecule has 4 nitrogen and oxygen atoms in total. The maximum absolute atomic E-state index is 10.2. The Hall–Kier alpha value is -1.16. The van der Waals surface area contributed by atoms with Gasteiger partial charge in [0.05, 0.1) is 11.8 Å². The molecule has 60 valence electrons. The summed E-state index contributed by atoms with van der Waals surface area (Å²) in [5.41, 5.74) is 1.22. The van der Waals surface area contributed by atoms with Gasteiger partial charge >= 0.3 is 0 Å². The van der Waals surface area contributed by atoms with E-state index in [2.05, 4.69) is 10.2 Å². The SMILES string of the molecule is COC(C)c1cc(C=O)n[nH]1. The van der Waals surface area contributed by atoms with Crippen molar-refractivity contribution in [3.8, 4) is 0 Å². The first kappa shape index (κ1) is 7.94. The van der Waals surface area contributed by atoms with E-state index in [0.29, 0.717) is 12.0 Å². The number of aldehydes is 1. The number of H-pyrrole nitrogens is 1. The lowest BCUT2D eigenvalue weighted by atomic mass is 10.3. The maximum atomic E-state index is 10.2. The molecule has 1 atom stereocenters. The van der Waals surface area contributed by atoms with Crippen molar-refractivity contribution < 1.29 is 9.53 Å². The van der Waals surface area contributed by atoms with Crippen LogP contribution in [-0.4, -0.2) is 23.6 Å². The Morgan fingerprint density at radius 2 is 2.55 bits per heavy atom. The van der Waals surface area contributed by atoms with E-state index < -0.39 is 0 Å². The number of rotatable bonds is 3. The predicted octanol–water partition coefficient (Wildman–Crippen LogP) is 0.930. The summed E-state index contributed by atoms with van der Waals surface area (Å²) in [6.45, 7) is 1.88. The number of ether oxygens (including phenoxy) is 1. The zero-order valence-electron chi connectivity index (χ0n) is 6.50. The van der Waals surface area contributed by atoms with Crippen molar-refractivity contribution in [1.82, 2.24) is 10.2 Å². The monoisotopic (exact) mass is 154 g/mol. The zero-order valence-corrected chi connectivity index (χ0v) is 6.50. The third kappa shape index (κ3) is 1.65. The van der Waals surface area contributed by atoms with E-state index in [1.807, 2.05) is 6.92 Å². The molecule has 1 aromatic rings. The van der Waals surface area contributed by atoms with Crippen molar-refractivity contribution in [3.63, 3.8) is 0 Å². The van der Waals surface area contributed by atoms with E-state index in [-0.39, 0.29) is 6.10 Å². The van der Waals surface area contributed by atoms with E-state index >= 15 is 0 Å². The Morgan fingerprint density at radius 1 is 1.82 bits per heavy atom. The van der Waals surface area contributed by atoms with Crippen molar-refractivity contribution in [2.75, 3.05) is 7.11 Å². The smallest absolute Gasteiger partial charge is 0.170 e. The van der Waals surface area contributed by atoms with Crippen LogP contribution in [0.15, 0.2) is 6.07 Å². The number of hydrogen-bond donors (Lipinski definition) is 1. The Morgan fingerprint density at radius 3 is 3.00 bits per heavy atom. The first-order valence-corrected chi connectivity index (χ1v) is 3.31. The summed E-state index contributed by atoms with van der Waals surface area (Å²) >= 11 is 0. The largest absolute Gasteiger partial charge is 0.375 e. The topological polar surface area (TPSA) is 55.0 Å². The van der Waals surface area contributed by atoms with Gasteiger partial charge in [-0.05, 0) is 13.0 Å². The second kappa shape index (κ2) is 3.30. The molecule has 0 bridgehead atoms. The van der Waals surface area contributed by atoms with Gasteiger partial charge in [0.1, 0.15) is 5.69 Å². The molecule has 1 unspecified atom stereocenters. The number of nitrogens with one attached hydrogen (secondary N) is 1. The second-order valence-corrected chi connectivity index (χ2v) is 2.24. The van der Waals surface area contributed by atoms with Crippen LogP contribution in [0.25, 0.3) is 0 Å². The Labute approximate surface area is 64.6 Å². The van der Waals surface area contributed by atoms with E-state index in [0.717, 1.165) is 5.69 Å². The molecule has 0 amide bonds. The van der Waals surface area contributed by atoms with E-state index in [4.69, 9.17) is 4.74 Å². The Balaban J connectivity index is 2.79. The fourth-order valence-corrected chi connectivity index (χ4v) is 0.749. The summed E-state index contributed by atoms with van der Waals surface area (Å²) < 4.78 is 5.01. The fourth-order valence-electron chi connectivity index (χ4n) is 0.749. The Kier molecular flexibility index (Phi) is 2.38. The van der Waals surface area contributed by atoms with Crippen LogP contribution < -0.4 is 0 Å². The number of aromatic amines is 1. The minimum Gasteiger partial charge on any atom is -0.375 e. The maximum Gasteiger partial charge on any atom is 0.170 e. The highest BCUT2D eigenvalue weighted by Crippen LogP contribution is 2.12.